The predicted molar refractivity (Wildman–Crippen MR) is 117 cm³/mol. The lowest BCUT2D eigenvalue weighted by molar-refractivity contribution is -0.122. The summed E-state index contributed by atoms with van der Waals surface area (Å²) in [5.74, 6) is -1.58. The van der Waals surface area contributed by atoms with Gasteiger partial charge >= 0.3 is 6.03 Å². The maximum atomic E-state index is 13.0. The molecule has 156 valence electrons. The molecule has 30 heavy (non-hydrogen) atoms. The van der Waals surface area contributed by atoms with Crippen molar-refractivity contribution in [3.8, 4) is 5.75 Å². The van der Waals surface area contributed by atoms with E-state index in [9.17, 15) is 19.5 Å². The van der Waals surface area contributed by atoms with E-state index in [1.54, 1.807) is 24.3 Å². The number of amides is 4. The zero-order chi connectivity index (χ0) is 22.0. The van der Waals surface area contributed by atoms with Crippen molar-refractivity contribution in [2.75, 3.05) is 22.9 Å². The first-order chi connectivity index (χ1) is 14.3. The predicted octanol–water partition coefficient (Wildman–Crippen LogP) is 3.52. The number of urea groups is 1. The lowest BCUT2D eigenvalue weighted by Gasteiger charge is -2.27. The molecule has 0 unspecified atom stereocenters. The van der Waals surface area contributed by atoms with E-state index in [0.717, 1.165) is 34.8 Å². The number of nitrogens with zero attached hydrogens (tertiary/aromatic N) is 2. The van der Waals surface area contributed by atoms with Gasteiger partial charge < -0.3 is 10.0 Å². The Morgan fingerprint density at radius 1 is 1.00 bits per heavy atom. The van der Waals surface area contributed by atoms with E-state index in [4.69, 9.17) is 0 Å². The maximum absolute atomic E-state index is 13.0. The monoisotopic (exact) mass is 407 g/mol. The van der Waals surface area contributed by atoms with Gasteiger partial charge in [-0.05, 0) is 69.2 Å². The van der Waals surface area contributed by atoms with Crippen molar-refractivity contribution >= 4 is 35.3 Å². The Bertz CT molecular complexity index is 1050. The van der Waals surface area contributed by atoms with Gasteiger partial charge in [-0.3, -0.25) is 14.9 Å². The molecule has 0 saturated carbocycles. The SMILES string of the molecule is CCN(CC)c1ccc(/C=C2\C(=O)NC(=O)N(c3ccc(C)c(C)c3)C2=O)c(O)c1. The van der Waals surface area contributed by atoms with Gasteiger partial charge in [-0.15, -0.1) is 0 Å². The van der Waals surface area contributed by atoms with Crippen LogP contribution in [0.25, 0.3) is 6.08 Å². The minimum absolute atomic E-state index is 0.0536. The Kier molecular flexibility index (Phi) is 5.91. The molecule has 7 nitrogen and oxygen atoms in total. The van der Waals surface area contributed by atoms with Gasteiger partial charge in [0.15, 0.2) is 0 Å². The number of phenolic OH excluding ortho intramolecular Hbond substituents is 1. The van der Waals surface area contributed by atoms with E-state index in [1.165, 1.54) is 6.08 Å². The Hall–Kier alpha value is -3.61. The topological polar surface area (TPSA) is 90.0 Å². The van der Waals surface area contributed by atoms with E-state index in [2.05, 4.69) is 10.2 Å². The second kappa shape index (κ2) is 8.41. The van der Waals surface area contributed by atoms with Gasteiger partial charge in [0.25, 0.3) is 11.8 Å². The highest BCUT2D eigenvalue weighted by Crippen LogP contribution is 2.29. The molecule has 1 aliphatic rings. The van der Waals surface area contributed by atoms with E-state index < -0.39 is 17.8 Å². The lowest BCUT2D eigenvalue weighted by atomic mass is 10.0. The average Bonchev–Trinajstić information content (AvgIpc) is 2.70. The minimum atomic E-state index is -0.800. The van der Waals surface area contributed by atoms with E-state index in [1.807, 2.05) is 39.8 Å². The van der Waals surface area contributed by atoms with E-state index in [-0.39, 0.29) is 11.3 Å². The molecular weight excluding hydrogens is 382 g/mol. The van der Waals surface area contributed by atoms with Gasteiger partial charge in [-0.25, -0.2) is 9.69 Å². The molecule has 0 aromatic heterocycles. The normalized spacial score (nSPS) is 15.5. The Balaban J connectivity index is 1.99. The van der Waals surface area contributed by atoms with Gasteiger partial charge in [0.2, 0.25) is 0 Å². The van der Waals surface area contributed by atoms with Crippen molar-refractivity contribution in [2.24, 2.45) is 0 Å². The van der Waals surface area contributed by atoms with Crippen LogP contribution >= 0.6 is 0 Å². The van der Waals surface area contributed by atoms with Gasteiger partial charge in [-0.1, -0.05) is 6.07 Å². The number of hydrogen-bond acceptors (Lipinski definition) is 5. The van der Waals surface area contributed by atoms with Crippen LogP contribution in [0, 0.1) is 13.8 Å². The number of phenols is 1. The molecule has 0 radical (unpaired) electrons. The molecule has 2 aromatic carbocycles. The van der Waals surface area contributed by atoms with Crippen LogP contribution in [0.1, 0.15) is 30.5 Å². The summed E-state index contributed by atoms with van der Waals surface area (Å²) in [6.07, 6.45) is 1.31. The fraction of sp³-hybridized carbons (Fsp3) is 0.261. The molecule has 0 atom stereocenters. The third-order valence-corrected chi connectivity index (χ3v) is 5.29. The third-order valence-electron chi connectivity index (χ3n) is 5.29. The number of benzene rings is 2. The number of barbiturate groups is 1. The standard InChI is InChI=1S/C23H25N3O4/c1-5-25(6-2)17-10-8-16(20(27)13-17)12-19-21(28)24-23(30)26(22(19)29)18-9-7-14(3)15(4)11-18/h7-13,27H,5-6H2,1-4H3,(H,24,28,30)/b19-12+. The van der Waals surface area contributed by atoms with Crippen LogP contribution in [0.15, 0.2) is 42.0 Å². The summed E-state index contributed by atoms with van der Waals surface area (Å²) >= 11 is 0. The molecule has 0 spiro atoms. The number of rotatable bonds is 5. The number of carbonyl (C=O) groups is 3. The molecule has 1 saturated heterocycles. The first-order valence-electron chi connectivity index (χ1n) is 9.83. The average molecular weight is 407 g/mol. The molecule has 0 aliphatic carbocycles. The maximum Gasteiger partial charge on any atom is 0.335 e. The number of nitrogens with one attached hydrogen (secondary N) is 1. The molecule has 2 N–H and O–H groups in total. The van der Waals surface area contributed by atoms with Crippen molar-refractivity contribution in [1.82, 2.24) is 5.32 Å². The summed E-state index contributed by atoms with van der Waals surface area (Å²) in [5, 5.41) is 12.6. The first kappa shape index (κ1) is 21.1. The zero-order valence-electron chi connectivity index (χ0n) is 17.5. The Morgan fingerprint density at radius 2 is 1.70 bits per heavy atom. The summed E-state index contributed by atoms with van der Waals surface area (Å²) in [6, 6.07) is 9.44. The van der Waals surface area contributed by atoms with E-state index in [0.29, 0.717) is 11.3 Å². The smallest absolute Gasteiger partial charge is 0.335 e. The van der Waals surface area contributed by atoms with E-state index >= 15 is 0 Å². The summed E-state index contributed by atoms with van der Waals surface area (Å²) < 4.78 is 0. The van der Waals surface area contributed by atoms with Gasteiger partial charge in [0.05, 0.1) is 5.69 Å². The molecule has 1 heterocycles. The second-order valence-corrected chi connectivity index (χ2v) is 7.14. The Morgan fingerprint density at radius 3 is 2.30 bits per heavy atom. The molecule has 4 amide bonds. The quantitative estimate of drug-likeness (QED) is 0.585. The van der Waals surface area contributed by atoms with Crippen molar-refractivity contribution in [1.29, 1.82) is 0 Å². The molecule has 7 heteroatoms. The second-order valence-electron chi connectivity index (χ2n) is 7.14. The molecule has 1 fully saturated rings. The lowest BCUT2D eigenvalue weighted by Crippen LogP contribution is -2.54. The number of carbonyl (C=O) groups excluding carboxylic acids is 3. The van der Waals surface area contributed by atoms with Crippen molar-refractivity contribution < 1.29 is 19.5 Å². The summed E-state index contributed by atoms with van der Waals surface area (Å²) in [7, 11) is 0. The van der Waals surface area contributed by atoms with Crippen molar-refractivity contribution in [3.05, 3.63) is 58.7 Å². The van der Waals surface area contributed by atoms with Crippen LogP contribution in [-0.4, -0.2) is 36.0 Å². The highest BCUT2D eigenvalue weighted by Gasteiger charge is 2.37. The van der Waals surface area contributed by atoms with Crippen LogP contribution in [0.2, 0.25) is 0 Å². The molecule has 2 aromatic rings. The first-order valence-corrected chi connectivity index (χ1v) is 9.83. The van der Waals surface area contributed by atoms with Crippen LogP contribution < -0.4 is 15.1 Å². The molecule has 3 rings (SSSR count). The van der Waals surface area contributed by atoms with Gasteiger partial charge in [0, 0.05) is 30.4 Å². The number of anilines is 2. The van der Waals surface area contributed by atoms with Gasteiger partial charge in [0.1, 0.15) is 11.3 Å². The fourth-order valence-electron chi connectivity index (χ4n) is 3.35. The highest BCUT2D eigenvalue weighted by atomic mass is 16.3. The Labute approximate surface area is 175 Å². The van der Waals surface area contributed by atoms with Gasteiger partial charge in [-0.2, -0.15) is 0 Å². The summed E-state index contributed by atoms with van der Waals surface area (Å²) in [5.41, 5.74) is 3.25. The minimum Gasteiger partial charge on any atom is -0.507 e. The number of aryl methyl sites for hydroxylation is 2. The number of hydrogen-bond donors (Lipinski definition) is 2. The number of imide groups is 2. The zero-order valence-corrected chi connectivity index (χ0v) is 17.5. The summed E-state index contributed by atoms with van der Waals surface area (Å²) in [6.45, 7) is 9.40. The number of aromatic hydroxyl groups is 1. The van der Waals surface area contributed by atoms with Crippen LogP contribution in [0.4, 0.5) is 16.2 Å². The molecule has 0 bridgehead atoms. The highest BCUT2D eigenvalue weighted by molar-refractivity contribution is 6.39. The van der Waals surface area contributed by atoms with Crippen molar-refractivity contribution in [2.45, 2.75) is 27.7 Å². The van der Waals surface area contributed by atoms with Crippen LogP contribution in [-0.2, 0) is 9.59 Å². The third kappa shape index (κ3) is 3.91. The van der Waals surface area contributed by atoms with Crippen LogP contribution in [0.3, 0.4) is 0 Å². The molecule has 1 aliphatic heterocycles. The fourth-order valence-corrected chi connectivity index (χ4v) is 3.35. The largest absolute Gasteiger partial charge is 0.507 e. The summed E-state index contributed by atoms with van der Waals surface area (Å²) in [4.78, 5) is 40.7. The van der Waals surface area contributed by atoms with Crippen molar-refractivity contribution in [3.63, 3.8) is 0 Å². The van der Waals surface area contributed by atoms with Crippen LogP contribution in [0.5, 0.6) is 5.75 Å². The molecular formula is C23H25N3O4.